The van der Waals surface area contributed by atoms with Crippen LogP contribution in [0.2, 0.25) is 0 Å². The Morgan fingerprint density at radius 2 is 1.44 bits per heavy atom. The highest BCUT2D eigenvalue weighted by atomic mass is 19.2. The van der Waals surface area contributed by atoms with Gasteiger partial charge in [0.25, 0.3) is 0 Å². The lowest BCUT2D eigenvalue weighted by Gasteiger charge is -2.35. The molecule has 2 aliphatic heterocycles. The van der Waals surface area contributed by atoms with E-state index in [-0.39, 0.29) is 23.5 Å². The number of carbonyl (C=O) groups is 1. The molecule has 0 atom stereocenters. The third-order valence-corrected chi connectivity index (χ3v) is 7.79. The van der Waals surface area contributed by atoms with Crippen LogP contribution in [0, 0.1) is 29.2 Å². The number of benzene rings is 3. The fraction of sp³-hybridized carbons (Fsp3) is 0.367. The van der Waals surface area contributed by atoms with Crippen LogP contribution in [0.1, 0.15) is 42.7 Å². The number of anilines is 1. The average Bonchev–Trinajstić information content (AvgIpc) is 2.93. The highest BCUT2D eigenvalue weighted by Gasteiger charge is 2.28. The quantitative estimate of drug-likeness (QED) is 0.367. The average molecular weight is 542 g/mol. The van der Waals surface area contributed by atoms with E-state index in [4.69, 9.17) is 10.5 Å². The Balaban J connectivity index is 1.17. The number of ether oxygens (including phenoxy) is 1. The number of amides is 1. The van der Waals surface area contributed by atoms with Crippen LogP contribution < -0.4 is 15.4 Å². The Hall–Kier alpha value is -3.59. The minimum absolute atomic E-state index is 0.00404. The molecule has 206 valence electrons. The zero-order chi connectivity index (χ0) is 27.5. The number of nitrogens with zero attached hydrogens (tertiary/aromatic N) is 2. The molecule has 5 nitrogen and oxygen atoms in total. The van der Waals surface area contributed by atoms with Gasteiger partial charge in [0.2, 0.25) is 5.91 Å². The van der Waals surface area contributed by atoms with E-state index >= 15 is 0 Å². The number of halogens is 4. The number of primary amides is 1. The van der Waals surface area contributed by atoms with Gasteiger partial charge in [-0.25, -0.2) is 17.6 Å². The summed E-state index contributed by atoms with van der Waals surface area (Å²) in [6.45, 7) is 3.28. The molecule has 2 fully saturated rings. The first-order chi connectivity index (χ1) is 18.8. The van der Waals surface area contributed by atoms with Crippen LogP contribution in [0.25, 0.3) is 0 Å². The summed E-state index contributed by atoms with van der Waals surface area (Å²) in [7, 11) is 0. The SMILES string of the molecule is NC(=O)C1CCN(c2cc(C3CCN(Cc4ccc(Oc5ccc(F)c(F)c5)cc4)CC3)c(F)cc2F)CC1. The minimum atomic E-state index is -0.964. The molecule has 2 heterocycles. The van der Waals surface area contributed by atoms with Gasteiger partial charge >= 0.3 is 0 Å². The van der Waals surface area contributed by atoms with Crippen LogP contribution in [0.5, 0.6) is 11.5 Å². The smallest absolute Gasteiger partial charge is 0.220 e. The Bertz CT molecular complexity index is 1320. The van der Waals surface area contributed by atoms with E-state index in [1.807, 2.05) is 17.0 Å². The van der Waals surface area contributed by atoms with Crippen molar-refractivity contribution < 1.29 is 27.1 Å². The van der Waals surface area contributed by atoms with Gasteiger partial charge in [0.05, 0.1) is 5.69 Å². The molecule has 1 amide bonds. The van der Waals surface area contributed by atoms with Crippen molar-refractivity contribution in [2.75, 3.05) is 31.1 Å². The van der Waals surface area contributed by atoms with Crippen molar-refractivity contribution in [1.82, 2.24) is 4.90 Å². The molecule has 0 aliphatic carbocycles. The summed E-state index contributed by atoms with van der Waals surface area (Å²) in [5.41, 5.74) is 7.42. The summed E-state index contributed by atoms with van der Waals surface area (Å²) in [6, 6.07) is 13.5. The van der Waals surface area contributed by atoms with E-state index < -0.39 is 23.3 Å². The second-order valence-corrected chi connectivity index (χ2v) is 10.4. The second kappa shape index (κ2) is 11.7. The number of piperidine rings is 2. The molecule has 0 spiro atoms. The van der Waals surface area contributed by atoms with Crippen LogP contribution in [0.3, 0.4) is 0 Å². The predicted octanol–water partition coefficient (Wildman–Crippen LogP) is 6.12. The molecule has 3 aromatic carbocycles. The lowest BCUT2D eigenvalue weighted by molar-refractivity contribution is -0.122. The highest BCUT2D eigenvalue weighted by molar-refractivity contribution is 5.77. The number of hydrogen-bond donors (Lipinski definition) is 1. The molecule has 2 saturated heterocycles. The Labute approximate surface area is 225 Å². The summed E-state index contributed by atoms with van der Waals surface area (Å²) >= 11 is 0. The van der Waals surface area contributed by atoms with Crippen molar-refractivity contribution in [2.24, 2.45) is 11.7 Å². The van der Waals surface area contributed by atoms with Crippen molar-refractivity contribution >= 4 is 11.6 Å². The van der Waals surface area contributed by atoms with Crippen LogP contribution in [0.4, 0.5) is 23.2 Å². The highest BCUT2D eigenvalue weighted by Crippen LogP contribution is 2.35. The van der Waals surface area contributed by atoms with Crippen molar-refractivity contribution in [1.29, 1.82) is 0 Å². The summed E-state index contributed by atoms with van der Waals surface area (Å²) in [4.78, 5) is 15.6. The van der Waals surface area contributed by atoms with Gasteiger partial charge in [-0.05, 0) is 86.1 Å². The topological polar surface area (TPSA) is 58.8 Å². The van der Waals surface area contributed by atoms with Crippen LogP contribution in [0.15, 0.2) is 54.6 Å². The van der Waals surface area contributed by atoms with E-state index in [1.165, 1.54) is 6.07 Å². The second-order valence-electron chi connectivity index (χ2n) is 10.4. The van der Waals surface area contributed by atoms with Gasteiger partial charge in [0.1, 0.15) is 23.1 Å². The van der Waals surface area contributed by atoms with Crippen molar-refractivity contribution in [2.45, 2.75) is 38.1 Å². The maximum absolute atomic E-state index is 14.8. The zero-order valence-corrected chi connectivity index (χ0v) is 21.5. The molecule has 0 unspecified atom stereocenters. The van der Waals surface area contributed by atoms with Gasteiger partial charge < -0.3 is 15.4 Å². The normalized spacial score (nSPS) is 17.4. The molecule has 0 bridgehead atoms. The Morgan fingerprint density at radius 1 is 0.769 bits per heavy atom. The molecule has 39 heavy (non-hydrogen) atoms. The predicted molar refractivity (Wildman–Crippen MR) is 141 cm³/mol. The van der Waals surface area contributed by atoms with E-state index in [2.05, 4.69) is 4.90 Å². The molecule has 5 rings (SSSR count). The van der Waals surface area contributed by atoms with Gasteiger partial charge in [-0.2, -0.15) is 0 Å². The number of carbonyl (C=O) groups excluding carboxylic acids is 1. The molecule has 3 aromatic rings. The molecular formula is C30H31F4N3O2. The fourth-order valence-corrected chi connectivity index (χ4v) is 5.51. The van der Waals surface area contributed by atoms with Gasteiger partial charge in [-0.1, -0.05) is 12.1 Å². The standard InChI is InChI=1S/C30H31F4N3O2/c31-25-6-5-23(15-27(25)33)39-22-3-1-19(2-4-22)18-36-11-7-20(8-12-36)24-16-29(28(34)17-26(24)32)37-13-9-21(10-14-37)30(35)38/h1-6,15-17,20-21H,7-14,18H2,(H2,35,38). The lowest BCUT2D eigenvalue weighted by Crippen LogP contribution is -2.39. The van der Waals surface area contributed by atoms with E-state index in [9.17, 15) is 22.4 Å². The van der Waals surface area contributed by atoms with Crippen LogP contribution in [-0.2, 0) is 11.3 Å². The molecule has 2 aliphatic rings. The van der Waals surface area contributed by atoms with Crippen molar-refractivity contribution in [3.8, 4) is 11.5 Å². The maximum Gasteiger partial charge on any atom is 0.220 e. The summed E-state index contributed by atoms with van der Waals surface area (Å²) < 4.78 is 61.7. The third-order valence-electron chi connectivity index (χ3n) is 7.79. The van der Waals surface area contributed by atoms with E-state index in [0.717, 1.165) is 49.7 Å². The van der Waals surface area contributed by atoms with E-state index in [0.29, 0.717) is 49.5 Å². The van der Waals surface area contributed by atoms with Gasteiger partial charge in [0.15, 0.2) is 11.6 Å². The first kappa shape index (κ1) is 27.0. The monoisotopic (exact) mass is 541 g/mol. The largest absolute Gasteiger partial charge is 0.457 e. The van der Waals surface area contributed by atoms with Gasteiger partial charge in [-0.3, -0.25) is 9.69 Å². The van der Waals surface area contributed by atoms with Crippen molar-refractivity contribution in [3.63, 3.8) is 0 Å². The molecule has 0 radical (unpaired) electrons. The third kappa shape index (κ3) is 6.36. The molecule has 2 N–H and O–H groups in total. The lowest BCUT2D eigenvalue weighted by atomic mass is 9.88. The van der Waals surface area contributed by atoms with Crippen LogP contribution in [-0.4, -0.2) is 37.0 Å². The zero-order valence-electron chi connectivity index (χ0n) is 21.5. The number of nitrogens with two attached hydrogens (primary N) is 1. The summed E-state index contributed by atoms with van der Waals surface area (Å²) in [6.07, 6.45) is 2.64. The molecule has 9 heteroatoms. The fourth-order valence-electron chi connectivity index (χ4n) is 5.51. The Morgan fingerprint density at radius 3 is 2.08 bits per heavy atom. The summed E-state index contributed by atoms with van der Waals surface area (Å²) in [5, 5.41) is 0. The molecule has 0 saturated carbocycles. The number of likely N-dealkylation sites (tertiary alicyclic amines) is 1. The molecular weight excluding hydrogens is 510 g/mol. The summed E-state index contributed by atoms with van der Waals surface area (Å²) in [5.74, 6) is -2.78. The minimum Gasteiger partial charge on any atom is -0.457 e. The first-order valence-electron chi connectivity index (χ1n) is 13.2. The maximum atomic E-state index is 14.8. The number of hydrogen-bond acceptors (Lipinski definition) is 4. The Kier molecular flexibility index (Phi) is 8.07. The van der Waals surface area contributed by atoms with Crippen molar-refractivity contribution in [3.05, 3.63) is 89.0 Å². The number of rotatable bonds is 7. The van der Waals surface area contributed by atoms with E-state index in [1.54, 1.807) is 18.2 Å². The molecule has 0 aromatic heterocycles. The van der Waals surface area contributed by atoms with Gasteiger partial charge in [-0.15, -0.1) is 0 Å². The first-order valence-corrected chi connectivity index (χ1v) is 13.2. The van der Waals surface area contributed by atoms with Crippen LogP contribution >= 0.6 is 0 Å². The van der Waals surface area contributed by atoms with Gasteiger partial charge in [0, 0.05) is 37.7 Å².